The fraction of sp³-hybridized carbons (Fsp3) is 0.444. The van der Waals surface area contributed by atoms with Crippen LogP contribution in [-0.2, 0) is 9.53 Å². The molecular weight excluding hydrogens is 176 g/mol. The predicted octanol–water partition coefficient (Wildman–Crippen LogP) is 2.88. The summed E-state index contributed by atoms with van der Waals surface area (Å²) in [5.74, 6) is -0.373. The smallest absolute Gasteiger partial charge is 0.330 e. The van der Waals surface area contributed by atoms with Crippen LogP contribution < -0.4 is 0 Å². The van der Waals surface area contributed by atoms with E-state index in [1.165, 1.54) is 5.54 Å². The predicted molar refractivity (Wildman–Crippen MR) is 52.1 cm³/mol. The highest BCUT2D eigenvalue weighted by atomic mass is 35.5. The standard InChI is InChI=1S/C7H12O2.C2H3Cl/c1-5-6(8)9-7(2,3)4;1-2-3/h5H,1H2,2-4H3;2H,1H2. The maximum atomic E-state index is 10.5. The van der Waals surface area contributed by atoms with E-state index in [1.807, 2.05) is 20.8 Å². The molecule has 0 aliphatic carbocycles. The van der Waals surface area contributed by atoms with E-state index >= 15 is 0 Å². The first-order chi connectivity index (χ1) is 5.37. The summed E-state index contributed by atoms with van der Waals surface area (Å²) in [7, 11) is 0. The van der Waals surface area contributed by atoms with Gasteiger partial charge in [-0.2, -0.15) is 0 Å². The number of carbonyl (C=O) groups is 1. The Labute approximate surface area is 78.9 Å². The van der Waals surface area contributed by atoms with Gasteiger partial charge >= 0.3 is 5.97 Å². The molecule has 0 aliphatic rings. The Balaban J connectivity index is 0. The average Bonchev–Trinajstić information content (AvgIpc) is 1.86. The Morgan fingerprint density at radius 1 is 1.42 bits per heavy atom. The van der Waals surface area contributed by atoms with Crippen molar-refractivity contribution in [1.82, 2.24) is 0 Å². The van der Waals surface area contributed by atoms with Gasteiger partial charge in [-0.15, -0.1) is 0 Å². The molecule has 0 aromatic rings. The molecule has 0 N–H and O–H groups in total. The van der Waals surface area contributed by atoms with Crippen LogP contribution in [0.1, 0.15) is 20.8 Å². The third-order valence-electron chi connectivity index (χ3n) is 0.573. The van der Waals surface area contributed by atoms with Gasteiger partial charge in [-0.05, 0) is 26.3 Å². The zero-order valence-electron chi connectivity index (χ0n) is 7.76. The quantitative estimate of drug-likeness (QED) is 0.470. The summed E-state index contributed by atoms with van der Waals surface area (Å²) < 4.78 is 4.83. The summed E-state index contributed by atoms with van der Waals surface area (Å²) in [4.78, 5) is 10.5. The molecule has 0 aromatic carbocycles. The molecule has 0 saturated heterocycles. The van der Waals surface area contributed by atoms with Gasteiger partial charge in [-0.1, -0.05) is 24.8 Å². The molecule has 0 amide bonds. The van der Waals surface area contributed by atoms with Gasteiger partial charge in [0.25, 0.3) is 0 Å². The van der Waals surface area contributed by atoms with Gasteiger partial charge in [0.15, 0.2) is 0 Å². The van der Waals surface area contributed by atoms with Crippen LogP contribution in [0.15, 0.2) is 24.8 Å². The maximum Gasteiger partial charge on any atom is 0.330 e. The van der Waals surface area contributed by atoms with Crippen molar-refractivity contribution in [1.29, 1.82) is 0 Å². The van der Waals surface area contributed by atoms with Crippen LogP contribution >= 0.6 is 11.6 Å². The van der Waals surface area contributed by atoms with Gasteiger partial charge in [-0.25, -0.2) is 4.79 Å². The van der Waals surface area contributed by atoms with Crippen molar-refractivity contribution in [2.45, 2.75) is 26.4 Å². The van der Waals surface area contributed by atoms with Crippen molar-refractivity contribution in [3.05, 3.63) is 24.8 Å². The second-order valence-electron chi connectivity index (χ2n) is 2.89. The van der Waals surface area contributed by atoms with E-state index in [-0.39, 0.29) is 5.97 Å². The van der Waals surface area contributed by atoms with E-state index in [0.717, 1.165) is 6.08 Å². The first-order valence-electron chi connectivity index (χ1n) is 3.44. The maximum absolute atomic E-state index is 10.5. The first-order valence-corrected chi connectivity index (χ1v) is 3.87. The van der Waals surface area contributed by atoms with Gasteiger partial charge in [-0.3, -0.25) is 0 Å². The summed E-state index contributed by atoms with van der Waals surface area (Å²) in [6.07, 6.45) is 1.16. The van der Waals surface area contributed by atoms with E-state index in [4.69, 9.17) is 16.3 Å². The summed E-state index contributed by atoms with van der Waals surface area (Å²) >= 11 is 4.76. The minimum absolute atomic E-state index is 0.373. The van der Waals surface area contributed by atoms with Crippen LogP contribution in [-0.4, -0.2) is 11.6 Å². The zero-order chi connectivity index (χ0) is 10.2. The molecule has 0 fully saturated rings. The average molecular weight is 191 g/mol. The highest BCUT2D eigenvalue weighted by molar-refractivity contribution is 6.25. The molecule has 0 bridgehead atoms. The van der Waals surface area contributed by atoms with Crippen LogP contribution in [0, 0.1) is 0 Å². The molecule has 0 unspecified atom stereocenters. The Morgan fingerprint density at radius 3 is 1.83 bits per heavy atom. The molecule has 0 saturated carbocycles. The highest BCUT2D eigenvalue weighted by Crippen LogP contribution is 2.06. The third-order valence-corrected chi connectivity index (χ3v) is 0.573. The van der Waals surface area contributed by atoms with Gasteiger partial charge < -0.3 is 4.74 Å². The molecular formula is C9H15ClO2. The largest absolute Gasteiger partial charge is 0.457 e. The van der Waals surface area contributed by atoms with Crippen molar-refractivity contribution >= 4 is 17.6 Å². The zero-order valence-corrected chi connectivity index (χ0v) is 8.52. The van der Waals surface area contributed by atoms with Gasteiger partial charge in [0.1, 0.15) is 5.60 Å². The molecule has 0 rings (SSSR count). The van der Waals surface area contributed by atoms with E-state index in [2.05, 4.69) is 13.2 Å². The molecule has 0 aliphatic heterocycles. The molecule has 3 heteroatoms. The summed E-state index contributed by atoms with van der Waals surface area (Å²) in [5.41, 5.74) is 0.825. The van der Waals surface area contributed by atoms with E-state index < -0.39 is 5.60 Å². The summed E-state index contributed by atoms with van der Waals surface area (Å²) in [6, 6.07) is 0. The SMILES string of the molecule is C=CC(=O)OC(C)(C)C.C=CCl. The molecule has 0 heterocycles. The van der Waals surface area contributed by atoms with Crippen molar-refractivity contribution in [2.75, 3.05) is 0 Å². The molecule has 70 valence electrons. The molecule has 0 spiro atoms. The van der Waals surface area contributed by atoms with Crippen LogP contribution in [0.25, 0.3) is 0 Å². The first kappa shape index (κ1) is 13.8. The van der Waals surface area contributed by atoms with Gasteiger partial charge in [0, 0.05) is 6.08 Å². The normalized spacial score (nSPS) is 9.00. The lowest BCUT2D eigenvalue weighted by Crippen LogP contribution is -2.22. The van der Waals surface area contributed by atoms with E-state index in [1.54, 1.807) is 0 Å². The van der Waals surface area contributed by atoms with Crippen LogP contribution in [0.5, 0.6) is 0 Å². The Hall–Kier alpha value is -0.760. The third kappa shape index (κ3) is 16.1. The summed E-state index contributed by atoms with van der Waals surface area (Å²) in [5, 5.41) is 0. The number of rotatable bonds is 1. The molecule has 2 nitrogen and oxygen atoms in total. The Morgan fingerprint density at radius 2 is 1.75 bits per heavy atom. The van der Waals surface area contributed by atoms with Crippen LogP contribution in [0.3, 0.4) is 0 Å². The second kappa shape index (κ2) is 6.92. The molecule has 12 heavy (non-hydrogen) atoms. The van der Waals surface area contributed by atoms with Crippen molar-refractivity contribution in [3.8, 4) is 0 Å². The number of hydrogen-bond donors (Lipinski definition) is 0. The topological polar surface area (TPSA) is 26.3 Å². The van der Waals surface area contributed by atoms with Crippen molar-refractivity contribution < 1.29 is 9.53 Å². The van der Waals surface area contributed by atoms with Gasteiger partial charge in [0.2, 0.25) is 0 Å². The summed E-state index contributed by atoms with van der Waals surface area (Å²) in [6.45, 7) is 11.8. The van der Waals surface area contributed by atoms with Crippen molar-refractivity contribution in [3.63, 3.8) is 0 Å². The van der Waals surface area contributed by atoms with Crippen molar-refractivity contribution in [2.24, 2.45) is 0 Å². The molecule has 0 radical (unpaired) electrons. The monoisotopic (exact) mass is 190 g/mol. The fourth-order valence-corrected chi connectivity index (χ4v) is 0.343. The number of ether oxygens (including phenoxy) is 1. The Bertz CT molecular complexity index is 156. The number of hydrogen-bond acceptors (Lipinski definition) is 2. The number of halogens is 1. The van der Waals surface area contributed by atoms with Crippen LogP contribution in [0.2, 0.25) is 0 Å². The number of carbonyl (C=O) groups excluding carboxylic acids is 1. The van der Waals surface area contributed by atoms with Crippen LogP contribution in [0.4, 0.5) is 0 Å². The Kier molecular flexibility index (Phi) is 7.96. The minimum Gasteiger partial charge on any atom is -0.457 e. The second-order valence-corrected chi connectivity index (χ2v) is 3.20. The lowest BCUT2D eigenvalue weighted by atomic mass is 10.2. The van der Waals surface area contributed by atoms with E-state index in [9.17, 15) is 4.79 Å². The lowest BCUT2D eigenvalue weighted by Gasteiger charge is -2.17. The highest BCUT2D eigenvalue weighted by Gasteiger charge is 2.12. The number of esters is 1. The van der Waals surface area contributed by atoms with Gasteiger partial charge in [0.05, 0.1) is 0 Å². The molecule has 0 aromatic heterocycles. The fourth-order valence-electron chi connectivity index (χ4n) is 0.343. The van der Waals surface area contributed by atoms with E-state index in [0.29, 0.717) is 0 Å². The molecule has 0 atom stereocenters. The minimum atomic E-state index is -0.398. The lowest BCUT2D eigenvalue weighted by molar-refractivity contribution is -0.148.